The van der Waals surface area contributed by atoms with Gasteiger partial charge in [-0.15, -0.1) is 0 Å². The van der Waals surface area contributed by atoms with Gasteiger partial charge in [0, 0.05) is 27.2 Å². The Morgan fingerprint density at radius 2 is 1.75 bits per heavy atom. The summed E-state index contributed by atoms with van der Waals surface area (Å²) in [6.45, 7) is 3.40. The Morgan fingerprint density at radius 1 is 1.12 bits per heavy atom. The Hall–Kier alpha value is -1.95. The SMILES string of the molecule is CC(C)NC(=O)C1=C(C(=O)OCC(=O)c2ccc(Br)cc2)CCC1. The van der Waals surface area contributed by atoms with Gasteiger partial charge >= 0.3 is 5.97 Å². The molecule has 1 aliphatic rings. The maximum atomic E-state index is 12.2. The van der Waals surface area contributed by atoms with E-state index < -0.39 is 5.97 Å². The Labute approximate surface area is 149 Å². The standard InChI is InChI=1S/C18H20BrNO4/c1-11(2)20-17(22)14-4-3-5-15(14)18(23)24-10-16(21)12-6-8-13(19)9-7-12/h6-9,11H,3-5,10H2,1-2H3,(H,20,22). The van der Waals surface area contributed by atoms with E-state index in [-0.39, 0.29) is 24.3 Å². The summed E-state index contributed by atoms with van der Waals surface area (Å²) in [5, 5.41) is 2.79. The number of esters is 1. The molecule has 2 rings (SSSR count). The molecule has 128 valence electrons. The number of Topliss-reactive ketones (excluding diaryl/α,β-unsaturated/α-hetero) is 1. The van der Waals surface area contributed by atoms with Crippen LogP contribution < -0.4 is 5.32 Å². The van der Waals surface area contributed by atoms with E-state index in [9.17, 15) is 14.4 Å². The molecule has 1 amide bonds. The predicted octanol–water partition coefficient (Wildman–Crippen LogP) is 3.18. The van der Waals surface area contributed by atoms with Crippen molar-refractivity contribution in [3.8, 4) is 0 Å². The van der Waals surface area contributed by atoms with E-state index in [0.29, 0.717) is 29.6 Å². The molecule has 0 saturated heterocycles. The van der Waals surface area contributed by atoms with E-state index in [1.54, 1.807) is 24.3 Å². The molecule has 1 N–H and O–H groups in total. The summed E-state index contributed by atoms with van der Waals surface area (Å²) in [6, 6.07) is 6.83. The minimum Gasteiger partial charge on any atom is -0.454 e. The lowest BCUT2D eigenvalue weighted by Crippen LogP contribution is -2.32. The molecule has 1 aromatic carbocycles. The maximum Gasteiger partial charge on any atom is 0.334 e. The normalized spacial score (nSPS) is 14.0. The summed E-state index contributed by atoms with van der Waals surface area (Å²) in [7, 11) is 0. The van der Waals surface area contributed by atoms with E-state index in [4.69, 9.17) is 4.74 Å². The van der Waals surface area contributed by atoms with Crippen LogP contribution in [-0.2, 0) is 14.3 Å². The molecular weight excluding hydrogens is 374 g/mol. The number of carbonyl (C=O) groups excluding carboxylic acids is 3. The topological polar surface area (TPSA) is 72.5 Å². The molecule has 0 fully saturated rings. The number of rotatable bonds is 6. The summed E-state index contributed by atoms with van der Waals surface area (Å²) in [4.78, 5) is 36.4. The highest BCUT2D eigenvalue weighted by Crippen LogP contribution is 2.27. The Balaban J connectivity index is 1.99. The van der Waals surface area contributed by atoms with Gasteiger partial charge in [-0.3, -0.25) is 9.59 Å². The van der Waals surface area contributed by atoms with E-state index in [1.807, 2.05) is 13.8 Å². The van der Waals surface area contributed by atoms with Crippen LogP contribution in [0.5, 0.6) is 0 Å². The van der Waals surface area contributed by atoms with Crippen LogP contribution in [0.25, 0.3) is 0 Å². The lowest BCUT2D eigenvalue weighted by Gasteiger charge is -2.11. The molecule has 0 unspecified atom stereocenters. The van der Waals surface area contributed by atoms with Gasteiger partial charge < -0.3 is 10.1 Å². The zero-order valence-electron chi connectivity index (χ0n) is 13.7. The van der Waals surface area contributed by atoms with Crippen molar-refractivity contribution in [2.75, 3.05) is 6.61 Å². The first-order valence-electron chi connectivity index (χ1n) is 7.87. The van der Waals surface area contributed by atoms with Crippen molar-refractivity contribution in [3.05, 3.63) is 45.4 Å². The average Bonchev–Trinajstić information content (AvgIpc) is 3.02. The van der Waals surface area contributed by atoms with Crippen LogP contribution in [0.4, 0.5) is 0 Å². The number of ketones is 1. The number of hydrogen-bond acceptors (Lipinski definition) is 4. The van der Waals surface area contributed by atoms with Gasteiger partial charge in [-0.05, 0) is 45.2 Å². The van der Waals surface area contributed by atoms with Crippen LogP contribution in [-0.4, -0.2) is 30.3 Å². The van der Waals surface area contributed by atoms with Crippen LogP contribution in [0.2, 0.25) is 0 Å². The predicted molar refractivity (Wildman–Crippen MR) is 93.6 cm³/mol. The summed E-state index contributed by atoms with van der Waals surface area (Å²) in [6.07, 6.45) is 1.81. The molecule has 0 aromatic heterocycles. The number of amides is 1. The second-order valence-electron chi connectivity index (χ2n) is 5.95. The number of nitrogens with one attached hydrogen (secondary N) is 1. The van der Waals surface area contributed by atoms with E-state index in [0.717, 1.165) is 10.9 Å². The van der Waals surface area contributed by atoms with Crippen molar-refractivity contribution in [3.63, 3.8) is 0 Å². The van der Waals surface area contributed by atoms with E-state index in [2.05, 4.69) is 21.2 Å². The van der Waals surface area contributed by atoms with Crippen LogP contribution in [0, 0.1) is 0 Å². The third kappa shape index (κ3) is 4.77. The van der Waals surface area contributed by atoms with Crippen molar-refractivity contribution in [1.82, 2.24) is 5.32 Å². The zero-order valence-corrected chi connectivity index (χ0v) is 15.3. The number of halogens is 1. The minimum absolute atomic E-state index is 0.00172. The molecule has 0 bridgehead atoms. The van der Waals surface area contributed by atoms with Gasteiger partial charge in [0.2, 0.25) is 5.91 Å². The number of carbonyl (C=O) groups is 3. The number of hydrogen-bond donors (Lipinski definition) is 1. The van der Waals surface area contributed by atoms with Crippen LogP contribution >= 0.6 is 15.9 Å². The van der Waals surface area contributed by atoms with Gasteiger partial charge in [0.1, 0.15) is 0 Å². The number of benzene rings is 1. The van der Waals surface area contributed by atoms with E-state index >= 15 is 0 Å². The Morgan fingerprint density at radius 3 is 2.38 bits per heavy atom. The fourth-order valence-electron chi connectivity index (χ4n) is 2.51. The largest absolute Gasteiger partial charge is 0.454 e. The smallest absolute Gasteiger partial charge is 0.334 e. The number of ether oxygens (including phenoxy) is 1. The third-order valence-corrected chi connectivity index (χ3v) is 4.19. The first-order chi connectivity index (χ1) is 11.4. The van der Waals surface area contributed by atoms with E-state index in [1.165, 1.54) is 0 Å². The lowest BCUT2D eigenvalue weighted by molar-refractivity contribution is -0.138. The Kier molecular flexibility index (Phi) is 6.31. The fourth-order valence-corrected chi connectivity index (χ4v) is 2.77. The molecule has 0 saturated carbocycles. The van der Waals surface area contributed by atoms with Gasteiger partial charge in [0.15, 0.2) is 12.4 Å². The van der Waals surface area contributed by atoms with Crippen molar-refractivity contribution in [2.45, 2.75) is 39.2 Å². The van der Waals surface area contributed by atoms with Gasteiger partial charge in [0.05, 0.1) is 0 Å². The Bertz CT molecular complexity index is 677. The molecular formula is C18H20BrNO4. The molecule has 0 heterocycles. The molecule has 0 aliphatic heterocycles. The molecule has 1 aliphatic carbocycles. The summed E-state index contributed by atoms with van der Waals surface area (Å²) >= 11 is 3.30. The molecule has 5 nitrogen and oxygen atoms in total. The molecule has 0 radical (unpaired) electrons. The quantitative estimate of drug-likeness (QED) is 0.594. The van der Waals surface area contributed by atoms with Crippen molar-refractivity contribution in [1.29, 1.82) is 0 Å². The minimum atomic E-state index is -0.577. The highest BCUT2D eigenvalue weighted by Gasteiger charge is 2.27. The summed E-state index contributed by atoms with van der Waals surface area (Å²) in [5.74, 6) is -1.08. The third-order valence-electron chi connectivity index (χ3n) is 3.66. The summed E-state index contributed by atoms with van der Waals surface area (Å²) < 4.78 is 5.99. The summed E-state index contributed by atoms with van der Waals surface area (Å²) in [5.41, 5.74) is 1.34. The molecule has 6 heteroatoms. The second kappa shape index (κ2) is 8.24. The van der Waals surface area contributed by atoms with Crippen molar-refractivity contribution in [2.24, 2.45) is 0 Å². The molecule has 1 aromatic rings. The zero-order chi connectivity index (χ0) is 17.7. The van der Waals surface area contributed by atoms with Crippen molar-refractivity contribution >= 4 is 33.6 Å². The van der Waals surface area contributed by atoms with Gasteiger partial charge in [0.25, 0.3) is 0 Å². The second-order valence-corrected chi connectivity index (χ2v) is 6.86. The van der Waals surface area contributed by atoms with Gasteiger partial charge in [-0.1, -0.05) is 28.1 Å². The maximum absolute atomic E-state index is 12.2. The van der Waals surface area contributed by atoms with Crippen LogP contribution in [0.15, 0.2) is 39.9 Å². The highest BCUT2D eigenvalue weighted by atomic mass is 79.9. The lowest BCUT2D eigenvalue weighted by atomic mass is 10.1. The van der Waals surface area contributed by atoms with Crippen LogP contribution in [0.3, 0.4) is 0 Å². The van der Waals surface area contributed by atoms with Gasteiger partial charge in [-0.25, -0.2) is 4.79 Å². The monoisotopic (exact) mass is 393 g/mol. The first kappa shape index (κ1) is 18.4. The average molecular weight is 394 g/mol. The highest BCUT2D eigenvalue weighted by molar-refractivity contribution is 9.10. The molecule has 0 atom stereocenters. The molecule has 0 spiro atoms. The van der Waals surface area contributed by atoms with Crippen molar-refractivity contribution < 1.29 is 19.1 Å². The van der Waals surface area contributed by atoms with Crippen LogP contribution in [0.1, 0.15) is 43.5 Å². The van der Waals surface area contributed by atoms with Gasteiger partial charge in [-0.2, -0.15) is 0 Å². The molecule has 24 heavy (non-hydrogen) atoms. The first-order valence-corrected chi connectivity index (χ1v) is 8.66. The fraction of sp³-hybridized carbons (Fsp3) is 0.389.